The summed E-state index contributed by atoms with van der Waals surface area (Å²) in [7, 11) is 1.73. The number of rotatable bonds is 9. The van der Waals surface area contributed by atoms with Crippen LogP contribution in [0.4, 0.5) is 0 Å². The molecule has 2 fully saturated rings. The van der Waals surface area contributed by atoms with Gasteiger partial charge in [0.05, 0.1) is 7.11 Å². The van der Waals surface area contributed by atoms with E-state index in [1.54, 1.807) is 7.11 Å². The third-order valence-corrected chi connectivity index (χ3v) is 4.65. The summed E-state index contributed by atoms with van der Waals surface area (Å²) < 4.78 is 10.9. The van der Waals surface area contributed by atoms with Gasteiger partial charge in [-0.25, -0.2) is 0 Å². The van der Waals surface area contributed by atoms with Gasteiger partial charge in [0.25, 0.3) is 0 Å². The fourth-order valence-corrected chi connectivity index (χ4v) is 2.97. The zero-order valence-corrected chi connectivity index (χ0v) is 13.0. The van der Waals surface area contributed by atoms with Gasteiger partial charge in [-0.15, -0.1) is 0 Å². The van der Waals surface area contributed by atoms with Crippen LogP contribution in [0.25, 0.3) is 0 Å². The molecule has 2 saturated carbocycles. The van der Waals surface area contributed by atoms with Crippen molar-refractivity contribution in [2.75, 3.05) is 26.9 Å². The largest absolute Gasteiger partial charge is 0.497 e. The van der Waals surface area contributed by atoms with E-state index in [1.165, 1.54) is 31.2 Å². The average molecular weight is 289 g/mol. The molecule has 0 aliphatic heterocycles. The molecule has 21 heavy (non-hydrogen) atoms. The van der Waals surface area contributed by atoms with Crippen LogP contribution in [0.5, 0.6) is 5.75 Å². The highest BCUT2D eigenvalue weighted by Crippen LogP contribution is 2.37. The highest BCUT2D eigenvalue weighted by atomic mass is 16.5. The minimum atomic E-state index is 0.685. The first kappa shape index (κ1) is 14.9. The van der Waals surface area contributed by atoms with E-state index >= 15 is 0 Å². The molecule has 1 aromatic carbocycles. The predicted molar refractivity (Wildman–Crippen MR) is 84.9 cm³/mol. The third kappa shape index (κ3) is 4.45. The van der Waals surface area contributed by atoms with Gasteiger partial charge in [0.15, 0.2) is 0 Å². The van der Waals surface area contributed by atoms with Crippen molar-refractivity contribution < 1.29 is 9.47 Å². The van der Waals surface area contributed by atoms with Crippen LogP contribution >= 0.6 is 0 Å². The minimum absolute atomic E-state index is 0.685. The lowest BCUT2D eigenvalue weighted by Gasteiger charge is -2.36. The van der Waals surface area contributed by atoms with Crippen molar-refractivity contribution in [2.45, 2.75) is 44.1 Å². The number of hydrogen-bond donors (Lipinski definition) is 1. The van der Waals surface area contributed by atoms with E-state index in [0.717, 1.165) is 37.8 Å². The van der Waals surface area contributed by atoms with Crippen LogP contribution in [0, 0.1) is 5.92 Å². The molecule has 3 heteroatoms. The van der Waals surface area contributed by atoms with Crippen molar-refractivity contribution in [1.29, 1.82) is 0 Å². The summed E-state index contributed by atoms with van der Waals surface area (Å²) >= 11 is 0. The van der Waals surface area contributed by atoms with Crippen molar-refractivity contribution >= 4 is 0 Å². The Labute approximate surface area is 128 Å². The quantitative estimate of drug-likeness (QED) is 0.707. The summed E-state index contributed by atoms with van der Waals surface area (Å²) in [6, 6.07) is 9.18. The van der Waals surface area contributed by atoms with E-state index in [1.807, 2.05) is 6.07 Å². The number of methoxy groups -OCH3 is 1. The van der Waals surface area contributed by atoms with Gasteiger partial charge in [0, 0.05) is 19.3 Å². The number of ether oxygens (including phenoxy) is 2. The Morgan fingerprint density at radius 3 is 2.86 bits per heavy atom. The lowest BCUT2D eigenvalue weighted by molar-refractivity contribution is 0.120. The molecular formula is C18H27NO2. The molecule has 0 amide bonds. The maximum Gasteiger partial charge on any atom is 0.119 e. The molecule has 2 aliphatic carbocycles. The lowest BCUT2D eigenvalue weighted by atomic mass is 9.76. The Morgan fingerprint density at radius 2 is 2.10 bits per heavy atom. The highest BCUT2D eigenvalue weighted by Gasteiger charge is 2.29. The zero-order chi connectivity index (χ0) is 14.5. The van der Waals surface area contributed by atoms with Gasteiger partial charge >= 0.3 is 0 Å². The predicted octanol–water partition coefficient (Wildman–Crippen LogP) is 3.35. The average Bonchev–Trinajstić information content (AvgIpc) is 3.28. The summed E-state index contributed by atoms with van der Waals surface area (Å²) in [5.41, 5.74) is 1.42. The van der Waals surface area contributed by atoms with Crippen molar-refractivity contribution in [3.63, 3.8) is 0 Å². The molecule has 3 rings (SSSR count). The van der Waals surface area contributed by atoms with Crippen molar-refractivity contribution in [3.8, 4) is 5.75 Å². The van der Waals surface area contributed by atoms with E-state index in [-0.39, 0.29) is 0 Å². The Morgan fingerprint density at radius 1 is 1.24 bits per heavy atom. The van der Waals surface area contributed by atoms with Gasteiger partial charge < -0.3 is 14.8 Å². The van der Waals surface area contributed by atoms with Gasteiger partial charge in [-0.2, -0.15) is 0 Å². The van der Waals surface area contributed by atoms with Crippen molar-refractivity contribution in [3.05, 3.63) is 29.8 Å². The molecule has 0 aromatic heterocycles. The van der Waals surface area contributed by atoms with E-state index in [0.29, 0.717) is 12.0 Å². The SMILES string of the molecule is COc1cccc(C2CC(NCCCOCC3CC3)C2)c1. The van der Waals surface area contributed by atoms with Crippen LogP contribution in [-0.4, -0.2) is 32.9 Å². The number of benzene rings is 1. The summed E-state index contributed by atoms with van der Waals surface area (Å²) in [6.45, 7) is 2.98. The van der Waals surface area contributed by atoms with Crippen molar-refractivity contribution in [2.24, 2.45) is 5.92 Å². The van der Waals surface area contributed by atoms with Crippen LogP contribution in [0.15, 0.2) is 24.3 Å². The molecular weight excluding hydrogens is 262 g/mol. The molecule has 0 atom stereocenters. The van der Waals surface area contributed by atoms with Crippen LogP contribution in [0.3, 0.4) is 0 Å². The van der Waals surface area contributed by atoms with E-state index < -0.39 is 0 Å². The maximum absolute atomic E-state index is 5.65. The molecule has 0 saturated heterocycles. The Kier molecular flexibility index (Phi) is 5.15. The standard InChI is InChI=1S/C18H27NO2/c1-20-18-5-2-4-15(12-18)16-10-17(11-16)19-8-3-9-21-13-14-6-7-14/h2,4-5,12,14,16-17,19H,3,6-11,13H2,1H3. The molecule has 0 radical (unpaired) electrons. The Hall–Kier alpha value is -1.06. The molecule has 0 heterocycles. The maximum atomic E-state index is 5.65. The topological polar surface area (TPSA) is 30.5 Å². The molecule has 0 unspecified atom stereocenters. The van der Waals surface area contributed by atoms with Gasteiger partial charge in [-0.05, 0) is 68.2 Å². The Balaban J connectivity index is 1.26. The van der Waals surface area contributed by atoms with Gasteiger partial charge in [-0.1, -0.05) is 12.1 Å². The second-order valence-electron chi connectivity index (χ2n) is 6.47. The molecule has 1 N–H and O–H groups in total. The molecule has 0 spiro atoms. The first-order valence-corrected chi connectivity index (χ1v) is 8.30. The van der Waals surface area contributed by atoms with E-state index in [9.17, 15) is 0 Å². The third-order valence-electron chi connectivity index (χ3n) is 4.65. The summed E-state index contributed by atoms with van der Waals surface area (Å²) in [5.74, 6) is 2.55. The second-order valence-corrected chi connectivity index (χ2v) is 6.47. The second kappa shape index (κ2) is 7.28. The highest BCUT2D eigenvalue weighted by molar-refractivity contribution is 5.32. The summed E-state index contributed by atoms with van der Waals surface area (Å²) in [4.78, 5) is 0. The normalized spacial score (nSPS) is 24.6. The molecule has 0 bridgehead atoms. The van der Waals surface area contributed by atoms with Gasteiger partial charge in [-0.3, -0.25) is 0 Å². The lowest BCUT2D eigenvalue weighted by Crippen LogP contribution is -2.40. The molecule has 1 aromatic rings. The van der Waals surface area contributed by atoms with Gasteiger partial charge in [0.1, 0.15) is 5.75 Å². The monoisotopic (exact) mass is 289 g/mol. The van der Waals surface area contributed by atoms with Gasteiger partial charge in [0.2, 0.25) is 0 Å². The summed E-state index contributed by atoms with van der Waals surface area (Å²) in [5, 5.41) is 3.64. The van der Waals surface area contributed by atoms with Crippen molar-refractivity contribution in [1.82, 2.24) is 5.32 Å². The van der Waals surface area contributed by atoms with Crippen LogP contribution in [0.2, 0.25) is 0 Å². The van der Waals surface area contributed by atoms with E-state index in [2.05, 4.69) is 23.5 Å². The molecule has 3 nitrogen and oxygen atoms in total. The molecule has 116 valence electrons. The minimum Gasteiger partial charge on any atom is -0.497 e. The Bertz CT molecular complexity index is 439. The fraction of sp³-hybridized carbons (Fsp3) is 0.667. The fourth-order valence-electron chi connectivity index (χ4n) is 2.97. The first-order valence-electron chi connectivity index (χ1n) is 8.30. The van der Waals surface area contributed by atoms with Crippen LogP contribution < -0.4 is 10.1 Å². The smallest absolute Gasteiger partial charge is 0.119 e. The van der Waals surface area contributed by atoms with E-state index in [4.69, 9.17) is 9.47 Å². The van der Waals surface area contributed by atoms with Crippen LogP contribution in [-0.2, 0) is 4.74 Å². The number of hydrogen-bond acceptors (Lipinski definition) is 3. The first-order chi connectivity index (χ1) is 10.3. The molecule has 2 aliphatic rings. The summed E-state index contributed by atoms with van der Waals surface area (Å²) in [6.07, 6.45) is 6.39. The van der Waals surface area contributed by atoms with Crippen LogP contribution in [0.1, 0.15) is 43.6 Å². The zero-order valence-electron chi connectivity index (χ0n) is 13.0. The number of nitrogens with one attached hydrogen (secondary N) is 1.